The quantitative estimate of drug-likeness (QED) is 0.466. The van der Waals surface area contributed by atoms with Gasteiger partial charge in [-0.25, -0.2) is 0 Å². The number of anilines is 2. The molecule has 0 unspecified atom stereocenters. The van der Waals surface area contributed by atoms with Crippen LogP contribution in [0.25, 0.3) is 0 Å². The third-order valence-corrected chi connectivity index (χ3v) is 2.58. The molecule has 0 aliphatic rings. The van der Waals surface area contributed by atoms with Crippen LogP contribution in [0.5, 0.6) is 0 Å². The molecule has 0 saturated carbocycles. The highest BCUT2D eigenvalue weighted by Gasteiger charge is 2.06. The molecule has 1 amide bonds. The number of nitrogens with one attached hydrogen (secondary N) is 1. The van der Waals surface area contributed by atoms with Crippen LogP contribution in [-0.2, 0) is 4.74 Å². The highest BCUT2D eigenvalue weighted by molar-refractivity contribution is 5.98. The zero-order chi connectivity index (χ0) is 14.3. The fourth-order valence-electron chi connectivity index (χ4n) is 1.50. The number of primary amides is 1. The van der Waals surface area contributed by atoms with Crippen LogP contribution in [0.3, 0.4) is 0 Å². The number of carbonyl (C=O) groups excluding carboxylic acids is 1. The molecule has 0 radical (unpaired) electrons. The predicted molar refractivity (Wildman–Crippen MR) is 77.2 cm³/mol. The molecule has 106 valence electrons. The average Bonchev–Trinajstić information content (AvgIpc) is 2.34. The van der Waals surface area contributed by atoms with Crippen molar-refractivity contribution >= 4 is 17.3 Å². The smallest absolute Gasteiger partial charge is 0.250 e. The molecule has 5 N–H and O–H groups in total. The maximum atomic E-state index is 11.1. The summed E-state index contributed by atoms with van der Waals surface area (Å²) >= 11 is 0. The van der Waals surface area contributed by atoms with Gasteiger partial charge in [-0.3, -0.25) is 4.79 Å². The van der Waals surface area contributed by atoms with E-state index in [4.69, 9.17) is 16.2 Å². The number of nitrogen functional groups attached to an aromatic ring is 1. The van der Waals surface area contributed by atoms with Crippen LogP contribution in [0.15, 0.2) is 18.2 Å². The van der Waals surface area contributed by atoms with E-state index in [0.29, 0.717) is 31.0 Å². The van der Waals surface area contributed by atoms with Crippen molar-refractivity contribution in [2.75, 3.05) is 51.4 Å². The van der Waals surface area contributed by atoms with E-state index in [1.54, 1.807) is 12.1 Å². The molecule has 19 heavy (non-hydrogen) atoms. The number of ether oxygens (including phenoxy) is 1. The lowest BCUT2D eigenvalue weighted by Gasteiger charge is -2.11. The average molecular weight is 266 g/mol. The van der Waals surface area contributed by atoms with E-state index in [1.807, 2.05) is 20.2 Å². The van der Waals surface area contributed by atoms with Gasteiger partial charge in [0, 0.05) is 24.5 Å². The first-order valence-corrected chi connectivity index (χ1v) is 6.16. The Kier molecular flexibility index (Phi) is 6.11. The Morgan fingerprint density at radius 3 is 2.74 bits per heavy atom. The molecule has 1 aromatic carbocycles. The number of amides is 1. The Balaban J connectivity index is 2.34. The van der Waals surface area contributed by atoms with Crippen LogP contribution in [0.1, 0.15) is 10.4 Å². The molecule has 0 bridgehead atoms. The van der Waals surface area contributed by atoms with Gasteiger partial charge in [-0.05, 0) is 32.3 Å². The zero-order valence-electron chi connectivity index (χ0n) is 11.5. The van der Waals surface area contributed by atoms with Crippen molar-refractivity contribution < 1.29 is 9.53 Å². The minimum Gasteiger partial charge on any atom is -0.398 e. The maximum absolute atomic E-state index is 11.1. The Morgan fingerprint density at radius 1 is 1.37 bits per heavy atom. The molecule has 1 aromatic rings. The van der Waals surface area contributed by atoms with Gasteiger partial charge in [-0.2, -0.15) is 0 Å². The van der Waals surface area contributed by atoms with Gasteiger partial charge in [0.1, 0.15) is 0 Å². The number of nitrogens with two attached hydrogens (primary N) is 2. The fraction of sp³-hybridized carbons (Fsp3) is 0.462. The van der Waals surface area contributed by atoms with Crippen LogP contribution < -0.4 is 16.8 Å². The first-order chi connectivity index (χ1) is 9.00. The minimum absolute atomic E-state index is 0.332. The molecule has 0 aliphatic heterocycles. The van der Waals surface area contributed by atoms with Gasteiger partial charge in [0.15, 0.2) is 0 Å². The maximum Gasteiger partial charge on any atom is 0.250 e. The van der Waals surface area contributed by atoms with Crippen LogP contribution in [0, 0.1) is 0 Å². The van der Waals surface area contributed by atoms with E-state index in [0.717, 1.165) is 12.2 Å². The molecule has 6 heteroatoms. The summed E-state index contributed by atoms with van der Waals surface area (Å²) in [5, 5.41) is 3.15. The number of hydrogen-bond acceptors (Lipinski definition) is 5. The largest absolute Gasteiger partial charge is 0.398 e. The summed E-state index contributed by atoms with van der Waals surface area (Å²) in [6.45, 7) is 2.86. The number of benzene rings is 1. The summed E-state index contributed by atoms with van der Waals surface area (Å²) in [6.07, 6.45) is 0. The number of carbonyl (C=O) groups is 1. The Hall–Kier alpha value is -1.79. The van der Waals surface area contributed by atoms with E-state index < -0.39 is 5.91 Å². The molecular weight excluding hydrogens is 244 g/mol. The first kappa shape index (κ1) is 15.3. The standard InChI is InChI=1S/C13H22N4O2/c1-17(2)6-8-19-7-5-16-10-3-4-12(14)11(9-10)13(15)18/h3-4,9,16H,5-8,14H2,1-2H3,(H2,15,18). The van der Waals surface area contributed by atoms with Crippen molar-refractivity contribution in [3.63, 3.8) is 0 Å². The Bertz CT molecular complexity index is 421. The van der Waals surface area contributed by atoms with Crippen molar-refractivity contribution in [1.29, 1.82) is 0 Å². The van der Waals surface area contributed by atoms with Crippen molar-refractivity contribution in [2.24, 2.45) is 5.73 Å². The van der Waals surface area contributed by atoms with Crippen LogP contribution in [0.4, 0.5) is 11.4 Å². The topological polar surface area (TPSA) is 93.6 Å². The third-order valence-electron chi connectivity index (χ3n) is 2.58. The number of nitrogens with zero attached hydrogens (tertiary/aromatic N) is 1. The van der Waals surface area contributed by atoms with Gasteiger partial charge in [0.2, 0.25) is 0 Å². The van der Waals surface area contributed by atoms with Crippen LogP contribution >= 0.6 is 0 Å². The van der Waals surface area contributed by atoms with Gasteiger partial charge in [-0.15, -0.1) is 0 Å². The molecule has 0 spiro atoms. The second-order valence-electron chi connectivity index (χ2n) is 4.51. The summed E-state index contributed by atoms with van der Waals surface area (Å²) in [7, 11) is 4.00. The minimum atomic E-state index is -0.525. The van der Waals surface area contributed by atoms with E-state index in [1.165, 1.54) is 0 Å². The lowest BCUT2D eigenvalue weighted by molar-refractivity contribution is 0.100. The second-order valence-corrected chi connectivity index (χ2v) is 4.51. The molecular formula is C13H22N4O2. The highest BCUT2D eigenvalue weighted by Crippen LogP contribution is 2.16. The molecule has 0 heterocycles. The first-order valence-electron chi connectivity index (χ1n) is 6.16. The molecule has 0 aromatic heterocycles. The molecule has 1 rings (SSSR count). The van der Waals surface area contributed by atoms with Crippen molar-refractivity contribution in [3.8, 4) is 0 Å². The number of likely N-dealkylation sites (N-methyl/N-ethyl adjacent to an activating group) is 1. The van der Waals surface area contributed by atoms with Crippen LogP contribution in [0.2, 0.25) is 0 Å². The normalized spacial score (nSPS) is 10.7. The Morgan fingerprint density at radius 2 is 2.11 bits per heavy atom. The Labute approximate surface area is 113 Å². The van der Waals surface area contributed by atoms with E-state index >= 15 is 0 Å². The van der Waals surface area contributed by atoms with Crippen molar-refractivity contribution in [3.05, 3.63) is 23.8 Å². The number of hydrogen-bond donors (Lipinski definition) is 3. The third kappa shape index (κ3) is 5.58. The molecule has 0 saturated heterocycles. The lowest BCUT2D eigenvalue weighted by atomic mass is 10.1. The second kappa shape index (κ2) is 7.60. The lowest BCUT2D eigenvalue weighted by Crippen LogP contribution is -2.20. The summed E-state index contributed by atoms with van der Waals surface area (Å²) in [5.41, 5.74) is 12.4. The molecule has 0 fully saturated rings. The van der Waals surface area contributed by atoms with Gasteiger partial charge in [-0.1, -0.05) is 0 Å². The fourth-order valence-corrected chi connectivity index (χ4v) is 1.50. The summed E-state index contributed by atoms with van der Waals surface area (Å²) < 4.78 is 5.45. The van der Waals surface area contributed by atoms with Gasteiger partial charge >= 0.3 is 0 Å². The van der Waals surface area contributed by atoms with Gasteiger partial charge < -0.3 is 26.4 Å². The van der Waals surface area contributed by atoms with Crippen LogP contribution in [-0.4, -0.2) is 51.2 Å². The van der Waals surface area contributed by atoms with E-state index in [2.05, 4.69) is 10.2 Å². The van der Waals surface area contributed by atoms with E-state index in [-0.39, 0.29) is 0 Å². The summed E-state index contributed by atoms with van der Waals surface area (Å²) in [6, 6.07) is 5.12. The van der Waals surface area contributed by atoms with Gasteiger partial charge in [0.05, 0.1) is 18.8 Å². The molecule has 0 atom stereocenters. The monoisotopic (exact) mass is 266 g/mol. The summed E-state index contributed by atoms with van der Waals surface area (Å²) in [5.74, 6) is -0.525. The van der Waals surface area contributed by atoms with Crippen molar-refractivity contribution in [2.45, 2.75) is 0 Å². The number of rotatable bonds is 8. The van der Waals surface area contributed by atoms with Crippen molar-refractivity contribution in [1.82, 2.24) is 4.90 Å². The van der Waals surface area contributed by atoms with Gasteiger partial charge in [0.25, 0.3) is 5.91 Å². The zero-order valence-corrected chi connectivity index (χ0v) is 11.5. The predicted octanol–water partition coefficient (Wildman–Crippen LogP) is 0.358. The summed E-state index contributed by atoms with van der Waals surface area (Å²) in [4.78, 5) is 13.2. The molecule has 0 aliphatic carbocycles. The highest BCUT2D eigenvalue weighted by atomic mass is 16.5. The molecule has 6 nitrogen and oxygen atoms in total. The van der Waals surface area contributed by atoms with E-state index in [9.17, 15) is 4.79 Å². The SMILES string of the molecule is CN(C)CCOCCNc1ccc(N)c(C(N)=O)c1.